The lowest BCUT2D eigenvalue weighted by Gasteiger charge is -2.09. The summed E-state index contributed by atoms with van der Waals surface area (Å²) < 4.78 is 0. The molecule has 0 radical (unpaired) electrons. The molecule has 0 spiro atoms. The molecule has 4 heteroatoms. The van der Waals surface area contributed by atoms with E-state index in [9.17, 15) is 0 Å². The van der Waals surface area contributed by atoms with Crippen LogP contribution in [0.25, 0.3) is 0 Å². The Labute approximate surface area is 109 Å². The summed E-state index contributed by atoms with van der Waals surface area (Å²) in [6, 6.07) is 0. The highest BCUT2D eigenvalue weighted by Gasteiger charge is 2.18. The average molecular weight is 246 g/mol. The zero-order valence-electron chi connectivity index (χ0n) is 10.9. The molecule has 0 aromatic carbocycles. The molecule has 0 aromatic heterocycles. The Morgan fingerprint density at radius 3 is 2.44 bits per heavy atom. The maximum atomic E-state index is 6.13. The summed E-state index contributed by atoms with van der Waals surface area (Å²) >= 11 is 0. The fourth-order valence-corrected chi connectivity index (χ4v) is 2.51. The maximum absolute atomic E-state index is 6.13. The van der Waals surface area contributed by atoms with Gasteiger partial charge in [-0.05, 0) is 31.3 Å². The Bertz CT molecular complexity index is 416. The van der Waals surface area contributed by atoms with Gasteiger partial charge in [0.05, 0.1) is 12.0 Å². The first-order valence-electron chi connectivity index (χ1n) is 6.83. The molecule has 0 atom stereocenters. The van der Waals surface area contributed by atoms with Gasteiger partial charge in [-0.1, -0.05) is 25.7 Å². The van der Waals surface area contributed by atoms with E-state index in [4.69, 9.17) is 11.5 Å². The molecular formula is C14H22N4. The molecule has 4 nitrogen and oxygen atoms in total. The molecule has 2 rings (SSSR count). The quantitative estimate of drug-likeness (QED) is 0.551. The van der Waals surface area contributed by atoms with Crippen LogP contribution in [0.4, 0.5) is 0 Å². The molecule has 98 valence electrons. The number of hydrogen-bond acceptors (Lipinski definition) is 3. The zero-order chi connectivity index (χ0) is 12.8. The van der Waals surface area contributed by atoms with Crippen LogP contribution >= 0.6 is 0 Å². The van der Waals surface area contributed by atoms with Crippen LogP contribution in [0.3, 0.4) is 0 Å². The van der Waals surface area contributed by atoms with Crippen LogP contribution < -0.4 is 11.5 Å². The van der Waals surface area contributed by atoms with Crippen molar-refractivity contribution in [3.05, 3.63) is 22.7 Å². The van der Waals surface area contributed by atoms with Crippen LogP contribution in [0.2, 0.25) is 0 Å². The lowest BCUT2D eigenvalue weighted by atomic mass is 10.0. The van der Waals surface area contributed by atoms with Gasteiger partial charge in [-0.25, -0.2) is 4.99 Å². The molecule has 0 saturated carbocycles. The van der Waals surface area contributed by atoms with E-state index in [0.29, 0.717) is 0 Å². The van der Waals surface area contributed by atoms with Gasteiger partial charge in [0, 0.05) is 11.9 Å². The first kappa shape index (κ1) is 12.9. The van der Waals surface area contributed by atoms with Crippen LogP contribution in [-0.4, -0.2) is 12.6 Å². The Morgan fingerprint density at radius 2 is 1.72 bits per heavy atom. The molecule has 0 amide bonds. The van der Waals surface area contributed by atoms with Crippen molar-refractivity contribution >= 4 is 12.6 Å². The minimum atomic E-state index is 0.840. The number of aliphatic imine (C=N–C) groups is 2. The van der Waals surface area contributed by atoms with Crippen LogP contribution in [0.5, 0.6) is 0 Å². The van der Waals surface area contributed by atoms with Crippen LogP contribution in [-0.2, 0) is 0 Å². The van der Waals surface area contributed by atoms with E-state index in [-0.39, 0.29) is 0 Å². The molecule has 0 saturated heterocycles. The van der Waals surface area contributed by atoms with Crippen molar-refractivity contribution in [3.63, 3.8) is 0 Å². The minimum absolute atomic E-state index is 0.840. The Balaban J connectivity index is 2.27. The highest BCUT2D eigenvalue weighted by molar-refractivity contribution is 5.87. The normalized spacial score (nSPS) is 26.4. The Kier molecular flexibility index (Phi) is 4.56. The van der Waals surface area contributed by atoms with Gasteiger partial charge in [0.15, 0.2) is 0 Å². The third-order valence-electron chi connectivity index (χ3n) is 3.53. The van der Waals surface area contributed by atoms with Gasteiger partial charge in [-0.15, -0.1) is 0 Å². The van der Waals surface area contributed by atoms with Crippen molar-refractivity contribution in [2.45, 2.75) is 51.4 Å². The Morgan fingerprint density at radius 1 is 1.06 bits per heavy atom. The predicted molar refractivity (Wildman–Crippen MR) is 76.3 cm³/mol. The molecule has 2 bridgehead atoms. The lowest BCUT2D eigenvalue weighted by molar-refractivity contribution is 0.591. The molecule has 0 fully saturated rings. The van der Waals surface area contributed by atoms with E-state index in [1.165, 1.54) is 44.0 Å². The van der Waals surface area contributed by atoms with Crippen molar-refractivity contribution in [1.82, 2.24) is 0 Å². The van der Waals surface area contributed by atoms with Crippen LogP contribution in [0.15, 0.2) is 32.6 Å². The van der Waals surface area contributed by atoms with Crippen molar-refractivity contribution in [1.29, 1.82) is 0 Å². The summed E-state index contributed by atoms with van der Waals surface area (Å²) in [5.74, 6) is 0. The fourth-order valence-electron chi connectivity index (χ4n) is 2.51. The summed E-state index contributed by atoms with van der Waals surface area (Å²) in [5.41, 5.74) is 15.3. The van der Waals surface area contributed by atoms with E-state index in [1.807, 2.05) is 6.21 Å². The summed E-state index contributed by atoms with van der Waals surface area (Å²) in [7, 11) is 0. The SMILES string of the molecule is N/C=N\C1=C2C=N/C1=C(/N)CCCCCCCC2. The van der Waals surface area contributed by atoms with Gasteiger partial charge in [0.25, 0.3) is 0 Å². The molecule has 1 aliphatic carbocycles. The van der Waals surface area contributed by atoms with Crippen LogP contribution in [0, 0.1) is 0 Å². The number of rotatable bonds is 1. The van der Waals surface area contributed by atoms with Gasteiger partial charge in [0.2, 0.25) is 0 Å². The maximum Gasteiger partial charge on any atom is 0.108 e. The van der Waals surface area contributed by atoms with Gasteiger partial charge in [-0.3, -0.25) is 4.99 Å². The minimum Gasteiger partial charge on any atom is -0.400 e. The van der Waals surface area contributed by atoms with E-state index >= 15 is 0 Å². The summed E-state index contributed by atoms with van der Waals surface area (Å²) in [6.07, 6.45) is 12.7. The molecular weight excluding hydrogens is 224 g/mol. The number of allylic oxidation sites excluding steroid dienone is 2. The number of hydrogen-bond donors (Lipinski definition) is 2. The van der Waals surface area contributed by atoms with Crippen molar-refractivity contribution < 1.29 is 0 Å². The average Bonchev–Trinajstić information content (AvgIpc) is 2.75. The summed E-state index contributed by atoms with van der Waals surface area (Å²) in [6.45, 7) is 0. The molecule has 1 heterocycles. The third-order valence-corrected chi connectivity index (χ3v) is 3.53. The number of nitrogens with two attached hydrogens (primary N) is 2. The first-order valence-corrected chi connectivity index (χ1v) is 6.83. The molecule has 0 aromatic rings. The van der Waals surface area contributed by atoms with Crippen molar-refractivity contribution in [2.75, 3.05) is 0 Å². The topological polar surface area (TPSA) is 76.8 Å². The lowest BCUT2D eigenvalue weighted by Crippen LogP contribution is -2.04. The highest BCUT2D eigenvalue weighted by Crippen LogP contribution is 2.29. The van der Waals surface area contributed by atoms with Crippen LogP contribution in [0.1, 0.15) is 51.4 Å². The van der Waals surface area contributed by atoms with Gasteiger partial charge in [0.1, 0.15) is 5.70 Å². The monoisotopic (exact) mass is 246 g/mol. The Hall–Kier alpha value is -1.58. The molecule has 1 aliphatic heterocycles. The zero-order valence-corrected chi connectivity index (χ0v) is 10.9. The number of nitrogens with zero attached hydrogens (tertiary/aromatic N) is 2. The van der Waals surface area contributed by atoms with E-state index in [2.05, 4.69) is 9.98 Å². The third kappa shape index (κ3) is 3.00. The largest absolute Gasteiger partial charge is 0.400 e. The van der Waals surface area contributed by atoms with E-state index < -0.39 is 0 Å². The molecule has 4 N–H and O–H groups in total. The second kappa shape index (κ2) is 6.38. The van der Waals surface area contributed by atoms with E-state index in [0.717, 1.165) is 36.4 Å². The van der Waals surface area contributed by atoms with Gasteiger partial charge in [-0.2, -0.15) is 0 Å². The second-order valence-corrected chi connectivity index (χ2v) is 4.91. The van der Waals surface area contributed by atoms with Gasteiger partial charge >= 0.3 is 0 Å². The smallest absolute Gasteiger partial charge is 0.108 e. The first-order chi connectivity index (χ1) is 8.83. The van der Waals surface area contributed by atoms with Gasteiger partial charge < -0.3 is 11.5 Å². The number of fused-ring (bicyclic) bond motifs is 1. The summed E-state index contributed by atoms with van der Waals surface area (Å²) in [4.78, 5) is 8.69. The predicted octanol–water partition coefficient (Wildman–Crippen LogP) is 2.62. The molecule has 0 unspecified atom stereocenters. The summed E-state index contributed by atoms with van der Waals surface area (Å²) in [5, 5.41) is 0. The second-order valence-electron chi connectivity index (χ2n) is 4.91. The van der Waals surface area contributed by atoms with Crippen molar-refractivity contribution in [2.24, 2.45) is 21.5 Å². The highest BCUT2D eigenvalue weighted by atomic mass is 14.9. The van der Waals surface area contributed by atoms with E-state index in [1.54, 1.807) is 0 Å². The standard InChI is InChI=1S/C14H22N4/c15-10-18-13-11-7-5-3-1-2-4-6-8-12(16)14(13)17-9-11/h9-10H,1-8,16H2,(H2,15,18)/b14-12+. The fraction of sp³-hybridized carbons (Fsp3) is 0.571. The molecule has 2 aliphatic rings. The molecule has 18 heavy (non-hydrogen) atoms. The van der Waals surface area contributed by atoms with Crippen molar-refractivity contribution in [3.8, 4) is 0 Å².